The van der Waals surface area contributed by atoms with Crippen LogP contribution >= 0.6 is 0 Å². The number of anilines is 2. The number of benzene rings is 2. The number of sulfonamides is 1. The van der Waals surface area contributed by atoms with Crippen molar-refractivity contribution in [2.24, 2.45) is 0 Å². The molecule has 9 nitrogen and oxygen atoms in total. The number of rotatable bonds is 8. The summed E-state index contributed by atoms with van der Waals surface area (Å²) in [4.78, 5) is 19.3. The highest BCUT2D eigenvalue weighted by Gasteiger charge is 2.24. The van der Waals surface area contributed by atoms with Crippen LogP contribution < -0.4 is 19.3 Å². The maximum Gasteiger partial charge on any atom is 0.264 e. The van der Waals surface area contributed by atoms with Gasteiger partial charge in [-0.05, 0) is 48.0 Å². The number of carbonyl (C=O) groups is 1. The monoisotopic (exact) mass is 496 g/mol. The standard InChI is InChI=1S/C25H28N4O5S/c1-28(22-5-3-4-6-23(22)33-2)35(31,32)21-10-8-20(9-11-21)25(30)27-18-19-7-12-24(26-17-19)29-13-15-34-16-14-29/h3-12,17H,13-16,18H2,1-2H3,(H,27,30). The molecule has 1 aliphatic rings. The number of morpholine rings is 1. The summed E-state index contributed by atoms with van der Waals surface area (Å²) in [5, 5.41) is 2.85. The fourth-order valence-electron chi connectivity index (χ4n) is 3.74. The van der Waals surface area contributed by atoms with Crippen LogP contribution in [0.5, 0.6) is 5.75 Å². The van der Waals surface area contributed by atoms with E-state index >= 15 is 0 Å². The second kappa shape index (κ2) is 10.7. The van der Waals surface area contributed by atoms with E-state index in [1.807, 2.05) is 12.1 Å². The van der Waals surface area contributed by atoms with Gasteiger partial charge < -0.3 is 19.7 Å². The van der Waals surface area contributed by atoms with Crippen LogP contribution in [0.15, 0.2) is 71.8 Å². The number of carbonyl (C=O) groups excluding carboxylic acids is 1. The lowest BCUT2D eigenvalue weighted by Gasteiger charge is -2.27. The molecule has 1 saturated heterocycles. The third kappa shape index (κ3) is 5.55. The van der Waals surface area contributed by atoms with E-state index < -0.39 is 10.0 Å². The van der Waals surface area contributed by atoms with Crippen LogP contribution in [0.3, 0.4) is 0 Å². The molecule has 0 bridgehead atoms. The van der Waals surface area contributed by atoms with Gasteiger partial charge in [-0.3, -0.25) is 9.10 Å². The van der Waals surface area contributed by atoms with Crippen molar-refractivity contribution in [1.82, 2.24) is 10.3 Å². The summed E-state index contributed by atoms with van der Waals surface area (Å²) >= 11 is 0. The molecule has 2 aromatic carbocycles. The third-order valence-electron chi connectivity index (χ3n) is 5.80. The van der Waals surface area contributed by atoms with Crippen LogP contribution in [0.1, 0.15) is 15.9 Å². The fourth-order valence-corrected chi connectivity index (χ4v) is 4.95. The maximum atomic E-state index is 13.1. The van der Waals surface area contributed by atoms with E-state index in [1.54, 1.807) is 30.5 Å². The Balaban J connectivity index is 1.38. The number of ether oxygens (including phenoxy) is 2. The number of aromatic nitrogens is 1. The molecule has 1 fully saturated rings. The van der Waals surface area contributed by atoms with Crippen molar-refractivity contribution < 1.29 is 22.7 Å². The molecule has 3 aromatic rings. The van der Waals surface area contributed by atoms with Gasteiger partial charge in [0, 0.05) is 38.4 Å². The molecule has 2 heterocycles. The number of nitrogens with one attached hydrogen (secondary N) is 1. The fraction of sp³-hybridized carbons (Fsp3) is 0.280. The summed E-state index contributed by atoms with van der Waals surface area (Å²) in [7, 11) is -0.883. The molecule has 0 unspecified atom stereocenters. The van der Waals surface area contributed by atoms with Gasteiger partial charge >= 0.3 is 0 Å². The number of hydrogen-bond donors (Lipinski definition) is 1. The normalized spacial score (nSPS) is 13.8. The van der Waals surface area contributed by atoms with E-state index in [4.69, 9.17) is 9.47 Å². The van der Waals surface area contributed by atoms with Gasteiger partial charge in [0.25, 0.3) is 15.9 Å². The van der Waals surface area contributed by atoms with Crippen molar-refractivity contribution >= 4 is 27.4 Å². The van der Waals surface area contributed by atoms with Gasteiger partial charge in [-0.15, -0.1) is 0 Å². The van der Waals surface area contributed by atoms with E-state index in [0.717, 1.165) is 28.8 Å². The molecule has 0 aliphatic carbocycles. The number of pyridine rings is 1. The Hall–Kier alpha value is -3.63. The van der Waals surface area contributed by atoms with Crippen molar-refractivity contribution in [3.05, 3.63) is 78.0 Å². The van der Waals surface area contributed by atoms with Crippen molar-refractivity contribution in [3.8, 4) is 5.75 Å². The van der Waals surface area contributed by atoms with Crippen LogP contribution in [0.25, 0.3) is 0 Å². The molecule has 1 N–H and O–H groups in total. The van der Waals surface area contributed by atoms with Crippen LogP contribution in [0.4, 0.5) is 11.5 Å². The Kier molecular flexibility index (Phi) is 7.52. The molecule has 1 aromatic heterocycles. The van der Waals surface area contributed by atoms with Crippen LogP contribution in [-0.4, -0.2) is 59.8 Å². The first kappa shape index (κ1) is 24.5. The third-order valence-corrected chi connectivity index (χ3v) is 7.58. The van der Waals surface area contributed by atoms with E-state index in [1.165, 1.54) is 38.4 Å². The zero-order valence-corrected chi connectivity index (χ0v) is 20.5. The van der Waals surface area contributed by atoms with Crippen LogP contribution in [-0.2, 0) is 21.3 Å². The smallest absolute Gasteiger partial charge is 0.264 e. The van der Waals surface area contributed by atoms with Crippen molar-refractivity contribution in [3.63, 3.8) is 0 Å². The molecule has 10 heteroatoms. The number of para-hydroxylation sites is 2. The summed E-state index contributed by atoms with van der Waals surface area (Å²) in [5.74, 6) is 1.03. The molecular formula is C25H28N4O5S. The molecule has 184 valence electrons. The molecular weight excluding hydrogens is 468 g/mol. The van der Waals surface area contributed by atoms with Gasteiger partial charge in [0.2, 0.25) is 0 Å². The van der Waals surface area contributed by atoms with Crippen LogP contribution in [0.2, 0.25) is 0 Å². The van der Waals surface area contributed by atoms with Gasteiger partial charge in [-0.2, -0.15) is 0 Å². The Bertz CT molecular complexity index is 1260. The molecule has 0 radical (unpaired) electrons. The number of nitrogens with zero attached hydrogens (tertiary/aromatic N) is 3. The highest BCUT2D eigenvalue weighted by molar-refractivity contribution is 7.92. The highest BCUT2D eigenvalue weighted by atomic mass is 32.2. The zero-order chi connectivity index (χ0) is 24.8. The summed E-state index contributed by atoms with van der Waals surface area (Å²) < 4.78 is 38.0. The van der Waals surface area contributed by atoms with Crippen molar-refractivity contribution in [2.45, 2.75) is 11.4 Å². The zero-order valence-electron chi connectivity index (χ0n) is 19.7. The first-order valence-corrected chi connectivity index (χ1v) is 12.6. The summed E-state index contributed by atoms with van der Waals surface area (Å²) in [6.07, 6.45) is 1.74. The Morgan fingerprint density at radius 3 is 2.46 bits per heavy atom. The Morgan fingerprint density at radius 1 is 1.09 bits per heavy atom. The van der Waals surface area contributed by atoms with E-state index in [9.17, 15) is 13.2 Å². The van der Waals surface area contributed by atoms with Gasteiger partial charge in [0.15, 0.2) is 0 Å². The van der Waals surface area contributed by atoms with Crippen LogP contribution in [0, 0.1) is 0 Å². The van der Waals surface area contributed by atoms with Gasteiger partial charge in [-0.1, -0.05) is 18.2 Å². The van der Waals surface area contributed by atoms with Gasteiger partial charge in [-0.25, -0.2) is 13.4 Å². The molecule has 1 aliphatic heterocycles. The SMILES string of the molecule is COc1ccccc1N(C)S(=O)(=O)c1ccc(C(=O)NCc2ccc(N3CCOCC3)nc2)cc1. The van der Waals surface area contributed by atoms with E-state index in [-0.39, 0.29) is 10.8 Å². The van der Waals surface area contributed by atoms with Gasteiger partial charge in [0.1, 0.15) is 11.6 Å². The van der Waals surface area contributed by atoms with Gasteiger partial charge in [0.05, 0.1) is 30.9 Å². The number of hydrogen-bond acceptors (Lipinski definition) is 7. The Morgan fingerprint density at radius 2 is 1.80 bits per heavy atom. The second-order valence-corrected chi connectivity index (χ2v) is 9.94. The average molecular weight is 497 g/mol. The lowest BCUT2D eigenvalue weighted by molar-refractivity contribution is 0.0950. The molecule has 0 spiro atoms. The van der Waals surface area contributed by atoms with E-state index in [0.29, 0.717) is 36.8 Å². The quantitative estimate of drug-likeness (QED) is 0.512. The summed E-state index contributed by atoms with van der Waals surface area (Å²) in [6.45, 7) is 3.31. The first-order valence-electron chi connectivity index (χ1n) is 11.2. The molecule has 1 amide bonds. The first-order chi connectivity index (χ1) is 16.9. The lowest BCUT2D eigenvalue weighted by atomic mass is 10.2. The predicted octanol–water partition coefficient (Wildman–Crippen LogP) is 2.68. The topological polar surface area (TPSA) is 101 Å². The van der Waals surface area contributed by atoms with Crippen molar-refractivity contribution in [1.29, 1.82) is 0 Å². The van der Waals surface area contributed by atoms with E-state index in [2.05, 4.69) is 15.2 Å². The largest absolute Gasteiger partial charge is 0.495 e. The lowest BCUT2D eigenvalue weighted by Crippen LogP contribution is -2.36. The van der Waals surface area contributed by atoms with Crippen molar-refractivity contribution in [2.75, 3.05) is 49.7 Å². The minimum Gasteiger partial charge on any atom is -0.495 e. The maximum absolute atomic E-state index is 13.1. The molecule has 35 heavy (non-hydrogen) atoms. The summed E-state index contributed by atoms with van der Waals surface area (Å²) in [5.41, 5.74) is 1.65. The molecule has 0 atom stereocenters. The predicted molar refractivity (Wildman–Crippen MR) is 133 cm³/mol. The average Bonchev–Trinajstić information content (AvgIpc) is 2.92. The minimum atomic E-state index is -3.83. The molecule has 4 rings (SSSR count). The number of amides is 1. The second-order valence-electron chi connectivity index (χ2n) is 7.98. The molecule has 0 saturated carbocycles. The number of methoxy groups -OCH3 is 1. The minimum absolute atomic E-state index is 0.0744. The summed E-state index contributed by atoms with van der Waals surface area (Å²) in [6, 6.07) is 16.6. The Labute approximate surface area is 205 Å². The highest BCUT2D eigenvalue weighted by Crippen LogP contribution is 2.30.